The number of aromatic nitrogens is 2. The number of aromatic carboxylic acids is 1. The van der Waals surface area contributed by atoms with Crippen LogP contribution in [0.25, 0.3) is 0 Å². The number of carbonyl (C=O) groups is 1. The van der Waals surface area contributed by atoms with Crippen molar-refractivity contribution in [2.24, 2.45) is 7.05 Å². The number of carboxylic acids is 1. The monoisotopic (exact) mass is 497 g/mol. The van der Waals surface area contributed by atoms with E-state index in [4.69, 9.17) is 38.3 Å². The molecule has 2 heterocycles. The Bertz CT molecular complexity index is 1250. The fourth-order valence-electron chi connectivity index (χ4n) is 3.51. The van der Waals surface area contributed by atoms with E-state index in [-0.39, 0.29) is 44.2 Å². The Morgan fingerprint density at radius 2 is 1.91 bits per heavy atom. The molecule has 0 saturated carbocycles. The van der Waals surface area contributed by atoms with Crippen molar-refractivity contribution >= 4 is 29.2 Å². The van der Waals surface area contributed by atoms with Crippen molar-refractivity contribution in [1.82, 2.24) is 9.55 Å². The van der Waals surface area contributed by atoms with Gasteiger partial charge in [0.05, 0.1) is 5.56 Å². The molecule has 0 radical (unpaired) electrons. The van der Waals surface area contributed by atoms with Crippen molar-refractivity contribution in [3.63, 3.8) is 0 Å². The van der Waals surface area contributed by atoms with Crippen LogP contribution in [0.4, 0.5) is 13.2 Å². The predicted octanol–water partition coefficient (Wildman–Crippen LogP) is 6.54. The summed E-state index contributed by atoms with van der Waals surface area (Å²) in [5.41, 5.74) is 0.149. The van der Waals surface area contributed by atoms with E-state index in [9.17, 15) is 18.0 Å². The molecule has 3 rings (SSSR count). The van der Waals surface area contributed by atoms with E-state index in [2.05, 4.69) is 4.98 Å². The molecule has 2 aromatic heterocycles. The summed E-state index contributed by atoms with van der Waals surface area (Å²) in [6, 6.07) is 9.80. The molecule has 172 valence electrons. The van der Waals surface area contributed by atoms with E-state index >= 15 is 0 Å². The van der Waals surface area contributed by atoms with Crippen molar-refractivity contribution in [2.45, 2.75) is 24.9 Å². The molecule has 0 saturated heterocycles. The van der Waals surface area contributed by atoms with E-state index in [1.54, 1.807) is 0 Å². The Balaban J connectivity index is 1.92. The van der Waals surface area contributed by atoms with Gasteiger partial charge < -0.3 is 14.4 Å². The van der Waals surface area contributed by atoms with Gasteiger partial charge in [-0.25, -0.2) is 9.78 Å². The summed E-state index contributed by atoms with van der Waals surface area (Å²) in [5, 5.41) is 18.0. The summed E-state index contributed by atoms with van der Waals surface area (Å²) in [6.45, 7) is 1.40. The number of ether oxygens (including phenoxy) is 1. The Labute approximate surface area is 196 Å². The Kier molecular flexibility index (Phi) is 6.91. The second kappa shape index (κ2) is 9.33. The molecule has 0 amide bonds. The third kappa shape index (κ3) is 5.07. The molecule has 33 heavy (non-hydrogen) atoms. The van der Waals surface area contributed by atoms with Gasteiger partial charge in [-0.3, -0.25) is 0 Å². The minimum Gasteiger partial charge on any atom is -0.478 e. The van der Waals surface area contributed by atoms with Gasteiger partial charge in [-0.1, -0.05) is 36.2 Å². The maximum Gasteiger partial charge on any atom is 0.397 e. The molecular weight excluding hydrogens is 482 g/mol. The van der Waals surface area contributed by atoms with Gasteiger partial charge >= 0.3 is 12.1 Å². The quantitative estimate of drug-likeness (QED) is 0.417. The van der Waals surface area contributed by atoms with E-state index in [1.807, 2.05) is 6.07 Å². The van der Waals surface area contributed by atoms with Gasteiger partial charge in [0.2, 0.25) is 5.88 Å². The van der Waals surface area contributed by atoms with Crippen molar-refractivity contribution in [3.05, 3.63) is 75.2 Å². The van der Waals surface area contributed by atoms with E-state index < -0.39 is 24.0 Å². The summed E-state index contributed by atoms with van der Waals surface area (Å²) >= 11 is 12.3. The number of alkyl halides is 3. The van der Waals surface area contributed by atoms with Crippen LogP contribution in [0.2, 0.25) is 10.0 Å². The lowest BCUT2D eigenvalue weighted by atomic mass is 9.84. The number of halogens is 5. The number of carboxylic acid groups (broad SMARTS) is 1. The second-order valence-electron chi connectivity index (χ2n) is 7.22. The first-order valence-electron chi connectivity index (χ1n) is 9.42. The molecule has 0 aliphatic heterocycles. The first-order valence-corrected chi connectivity index (χ1v) is 10.2. The van der Waals surface area contributed by atoms with Crippen LogP contribution in [0.15, 0.2) is 42.6 Å². The molecule has 2 unspecified atom stereocenters. The van der Waals surface area contributed by atoms with Gasteiger partial charge in [0.1, 0.15) is 28.5 Å². The Morgan fingerprint density at radius 1 is 1.21 bits per heavy atom. The number of rotatable bonds is 6. The zero-order chi connectivity index (χ0) is 24.5. The molecule has 1 aromatic carbocycles. The van der Waals surface area contributed by atoms with E-state index in [0.29, 0.717) is 0 Å². The van der Waals surface area contributed by atoms with Crippen LogP contribution in [0.1, 0.15) is 46.1 Å². The summed E-state index contributed by atoms with van der Waals surface area (Å²) in [5.74, 6) is -4.13. The molecule has 0 aliphatic rings. The average molecular weight is 498 g/mol. The number of nitrogens with zero attached hydrogens (tertiary/aromatic N) is 3. The third-order valence-corrected chi connectivity index (χ3v) is 5.78. The highest BCUT2D eigenvalue weighted by molar-refractivity contribution is 6.32. The van der Waals surface area contributed by atoms with Gasteiger partial charge in [-0.2, -0.15) is 18.4 Å². The minimum absolute atomic E-state index is 0.0299. The number of hydrogen-bond donors (Lipinski definition) is 1. The van der Waals surface area contributed by atoms with Crippen LogP contribution in [0.5, 0.6) is 11.6 Å². The minimum atomic E-state index is -4.60. The van der Waals surface area contributed by atoms with Gasteiger partial charge in [0.25, 0.3) is 0 Å². The Morgan fingerprint density at radius 3 is 2.42 bits per heavy atom. The lowest BCUT2D eigenvalue weighted by molar-refractivity contribution is -0.156. The zero-order valence-electron chi connectivity index (χ0n) is 17.2. The zero-order valence-corrected chi connectivity index (χ0v) is 18.7. The fourth-order valence-corrected chi connectivity index (χ4v) is 4.06. The molecule has 2 atom stereocenters. The molecule has 0 aliphatic carbocycles. The lowest BCUT2D eigenvalue weighted by Gasteiger charge is -2.28. The van der Waals surface area contributed by atoms with E-state index in [0.717, 1.165) is 12.3 Å². The molecular formula is C22H16Cl2F3N3O3. The first-order chi connectivity index (χ1) is 15.4. The summed E-state index contributed by atoms with van der Waals surface area (Å²) in [4.78, 5) is 14.8. The molecule has 0 bridgehead atoms. The van der Waals surface area contributed by atoms with Crippen LogP contribution in [-0.2, 0) is 7.05 Å². The smallest absolute Gasteiger partial charge is 0.397 e. The molecule has 0 fully saturated rings. The van der Waals surface area contributed by atoms with Crippen LogP contribution in [0, 0.1) is 11.3 Å². The summed E-state index contributed by atoms with van der Waals surface area (Å²) in [6.07, 6.45) is -3.54. The van der Waals surface area contributed by atoms with Gasteiger partial charge in [-0.15, -0.1) is 0 Å². The number of hydrogen-bond acceptors (Lipinski definition) is 4. The summed E-state index contributed by atoms with van der Waals surface area (Å²) in [7, 11) is 1.41. The third-order valence-electron chi connectivity index (χ3n) is 5.18. The van der Waals surface area contributed by atoms with Crippen LogP contribution in [0.3, 0.4) is 0 Å². The van der Waals surface area contributed by atoms with Crippen LogP contribution < -0.4 is 4.74 Å². The fraction of sp³-hybridized carbons (Fsp3) is 0.227. The van der Waals surface area contributed by atoms with Crippen molar-refractivity contribution in [3.8, 4) is 17.7 Å². The molecule has 6 nitrogen and oxygen atoms in total. The summed E-state index contributed by atoms with van der Waals surface area (Å²) < 4.78 is 48.9. The second-order valence-corrected chi connectivity index (χ2v) is 8.04. The molecule has 11 heteroatoms. The van der Waals surface area contributed by atoms with Crippen molar-refractivity contribution in [2.75, 3.05) is 0 Å². The number of nitriles is 1. The SMILES string of the molecule is CC(c1ccc(Oc2ncc(C(=O)O)cc2Cl)cc1Cl)C(c1ccc(C#N)n1C)C(F)(F)F. The largest absolute Gasteiger partial charge is 0.478 e. The lowest BCUT2D eigenvalue weighted by Crippen LogP contribution is -2.28. The standard InChI is InChI=1S/C22H16Cl2F3N3O3/c1-11(19(22(25,26)27)18-6-3-13(9-28)30(18)2)15-5-4-14(8-16(15)23)33-20-17(24)7-12(10-29-20)21(31)32/h3-8,10-11,19H,1-2H3,(H,31,32). The van der Waals surface area contributed by atoms with Gasteiger partial charge in [0, 0.05) is 24.0 Å². The maximum atomic E-state index is 14.0. The topological polar surface area (TPSA) is 88.1 Å². The highest BCUT2D eigenvalue weighted by Gasteiger charge is 2.46. The molecule has 0 spiro atoms. The van der Waals surface area contributed by atoms with Gasteiger partial charge in [0.15, 0.2) is 0 Å². The number of benzene rings is 1. The highest BCUT2D eigenvalue weighted by atomic mass is 35.5. The van der Waals surface area contributed by atoms with Crippen molar-refractivity contribution in [1.29, 1.82) is 5.26 Å². The predicted molar refractivity (Wildman–Crippen MR) is 115 cm³/mol. The first kappa shape index (κ1) is 24.4. The van der Waals surface area contributed by atoms with Crippen LogP contribution >= 0.6 is 23.2 Å². The average Bonchev–Trinajstić information content (AvgIpc) is 3.08. The van der Waals surface area contributed by atoms with Crippen LogP contribution in [-0.4, -0.2) is 26.8 Å². The highest BCUT2D eigenvalue weighted by Crippen LogP contribution is 2.47. The van der Waals surface area contributed by atoms with Crippen molar-refractivity contribution < 1.29 is 27.8 Å². The molecule has 3 aromatic rings. The van der Waals surface area contributed by atoms with Gasteiger partial charge in [-0.05, 0) is 41.8 Å². The number of pyridine rings is 1. The normalized spacial score (nSPS) is 13.3. The maximum absolute atomic E-state index is 14.0. The van der Waals surface area contributed by atoms with E-state index in [1.165, 1.54) is 48.9 Å². The molecule has 1 N–H and O–H groups in total. The Hall–Kier alpha value is -3.22.